The summed E-state index contributed by atoms with van der Waals surface area (Å²) in [5.74, 6) is 1.75. The van der Waals surface area contributed by atoms with Crippen LogP contribution in [0.15, 0.2) is 6.07 Å². The zero-order valence-electron chi connectivity index (χ0n) is 13.0. The van der Waals surface area contributed by atoms with Gasteiger partial charge in [0.15, 0.2) is 0 Å². The first-order chi connectivity index (χ1) is 10.3. The van der Waals surface area contributed by atoms with E-state index in [1.54, 1.807) is 20.3 Å². The molecule has 0 aliphatic heterocycles. The predicted molar refractivity (Wildman–Crippen MR) is 83.0 cm³/mol. The van der Waals surface area contributed by atoms with E-state index in [2.05, 4.69) is 14.9 Å². The first-order valence-electron chi connectivity index (χ1n) is 7.72. The predicted octanol–water partition coefficient (Wildman–Crippen LogP) is 1.98. The SMILES string of the molecule is COc1cc(OC)nc(N(CCCN)C2CCCCC2)n1. The number of aromatic nitrogens is 2. The average molecular weight is 294 g/mol. The summed E-state index contributed by atoms with van der Waals surface area (Å²) >= 11 is 0. The number of nitrogens with two attached hydrogens (primary N) is 1. The van der Waals surface area contributed by atoms with Crippen LogP contribution in [0.5, 0.6) is 11.8 Å². The molecule has 6 heteroatoms. The molecule has 118 valence electrons. The van der Waals surface area contributed by atoms with Crippen molar-refractivity contribution in [2.45, 2.75) is 44.6 Å². The number of ether oxygens (including phenoxy) is 2. The van der Waals surface area contributed by atoms with Crippen LogP contribution in [0.25, 0.3) is 0 Å². The minimum atomic E-state index is 0.488. The van der Waals surface area contributed by atoms with Crippen LogP contribution >= 0.6 is 0 Å². The Hall–Kier alpha value is -1.56. The molecule has 0 amide bonds. The Balaban J connectivity index is 2.25. The number of nitrogens with zero attached hydrogens (tertiary/aromatic N) is 3. The van der Waals surface area contributed by atoms with Crippen LogP contribution in [0, 0.1) is 0 Å². The van der Waals surface area contributed by atoms with Gasteiger partial charge in [0.05, 0.1) is 20.3 Å². The van der Waals surface area contributed by atoms with E-state index in [-0.39, 0.29) is 0 Å². The molecule has 1 saturated carbocycles. The van der Waals surface area contributed by atoms with Crippen molar-refractivity contribution >= 4 is 5.95 Å². The van der Waals surface area contributed by atoms with Gasteiger partial charge in [-0.25, -0.2) is 0 Å². The second-order valence-corrected chi connectivity index (χ2v) is 5.38. The first kappa shape index (κ1) is 15.8. The highest BCUT2D eigenvalue weighted by Crippen LogP contribution is 2.28. The van der Waals surface area contributed by atoms with Gasteiger partial charge in [0, 0.05) is 12.6 Å². The summed E-state index contributed by atoms with van der Waals surface area (Å²) in [7, 11) is 3.22. The molecule has 6 nitrogen and oxygen atoms in total. The second kappa shape index (κ2) is 8.02. The highest BCUT2D eigenvalue weighted by molar-refractivity contribution is 5.38. The van der Waals surface area contributed by atoms with Crippen molar-refractivity contribution in [2.75, 3.05) is 32.2 Å². The Morgan fingerprint density at radius 3 is 2.29 bits per heavy atom. The van der Waals surface area contributed by atoms with Gasteiger partial charge in [-0.3, -0.25) is 0 Å². The smallest absolute Gasteiger partial charge is 0.232 e. The van der Waals surface area contributed by atoms with Crippen LogP contribution in [0.2, 0.25) is 0 Å². The summed E-state index contributed by atoms with van der Waals surface area (Å²) in [5.41, 5.74) is 5.68. The molecule has 0 aromatic carbocycles. The molecule has 0 unspecified atom stereocenters. The van der Waals surface area contributed by atoms with Crippen LogP contribution < -0.4 is 20.1 Å². The van der Waals surface area contributed by atoms with Gasteiger partial charge < -0.3 is 20.1 Å². The minimum absolute atomic E-state index is 0.488. The van der Waals surface area contributed by atoms with Crippen molar-refractivity contribution in [1.82, 2.24) is 9.97 Å². The van der Waals surface area contributed by atoms with Gasteiger partial charge in [-0.15, -0.1) is 0 Å². The third-order valence-electron chi connectivity index (χ3n) is 3.96. The van der Waals surface area contributed by atoms with E-state index >= 15 is 0 Å². The first-order valence-corrected chi connectivity index (χ1v) is 7.72. The van der Waals surface area contributed by atoms with Crippen molar-refractivity contribution in [3.63, 3.8) is 0 Å². The van der Waals surface area contributed by atoms with Gasteiger partial charge in [-0.1, -0.05) is 19.3 Å². The molecule has 1 aliphatic carbocycles. The second-order valence-electron chi connectivity index (χ2n) is 5.38. The van der Waals surface area contributed by atoms with Crippen LogP contribution in [0.1, 0.15) is 38.5 Å². The van der Waals surface area contributed by atoms with E-state index in [1.165, 1.54) is 32.1 Å². The maximum absolute atomic E-state index is 5.68. The van der Waals surface area contributed by atoms with Gasteiger partial charge >= 0.3 is 0 Å². The Morgan fingerprint density at radius 1 is 1.14 bits per heavy atom. The average Bonchev–Trinajstić information content (AvgIpc) is 2.55. The standard InChI is InChI=1S/C15H26N4O2/c1-20-13-11-14(21-2)18-15(17-13)19(10-6-9-16)12-7-4-3-5-8-12/h11-12H,3-10,16H2,1-2H3. The van der Waals surface area contributed by atoms with Gasteiger partial charge in [0.2, 0.25) is 17.7 Å². The molecule has 0 atom stereocenters. The van der Waals surface area contributed by atoms with Gasteiger partial charge in [-0.05, 0) is 25.8 Å². The number of anilines is 1. The number of hydrogen-bond acceptors (Lipinski definition) is 6. The van der Waals surface area contributed by atoms with Crippen LogP contribution in [0.4, 0.5) is 5.95 Å². The van der Waals surface area contributed by atoms with Gasteiger partial charge in [0.25, 0.3) is 0 Å². The lowest BCUT2D eigenvalue weighted by molar-refractivity contribution is 0.365. The summed E-state index contributed by atoms with van der Waals surface area (Å²) in [4.78, 5) is 11.3. The molecule has 1 fully saturated rings. The third-order valence-corrected chi connectivity index (χ3v) is 3.96. The zero-order valence-corrected chi connectivity index (χ0v) is 13.0. The fourth-order valence-electron chi connectivity index (χ4n) is 2.83. The van der Waals surface area contributed by atoms with Crippen LogP contribution in [-0.2, 0) is 0 Å². The third kappa shape index (κ3) is 4.20. The Morgan fingerprint density at radius 2 is 1.76 bits per heavy atom. The Bertz CT molecular complexity index is 413. The molecule has 1 aromatic heterocycles. The van der Waals surface area contributed by atoms with E-state index in [9.17, 15) is 0 Å². The van der Waals surface area contributed by atoms with E-state index in [4.69, 9.17) is 15.2 Å². The molecule has 1 heterocycles. The minimum Gasteiger partial charge on any atom is -0.481 e. The van der Waals surface area contributed by atoms with E-state index < -0.39 is 0 Å². The molecule has 0 saturated heterocycles. The maximum Gasteiger partial charge on any atom is 0.232 e. The van der Waals surface area contributed by atoms with Crippen molar-refractivity contribution < 1.29 is 9.47 Å². The summed E-state index contributed by atoms with van der Waals surface area (Å²) in [5, 5.41) is 0. The summed E-state index contributed by atoms with van der Waals surface area (Å²) in [6, 6.07) is 2.19. The van der Waals surface area contributed by atoms with Gasteiger partial charge in [-0.2, -0.15) is 9.97 Å². The van der Waals surface area contributed by atoms with Crippen molar-refractivity contribution in [3.8, 4) is 11.8 Å². The summed E-state index contributed by atoms with van der Waals surface area (Å²) < 4.78 is 10.5. The molecule has 1 aliphatic rings. The van der Waals surface area contributed by atoms with Crippen molar-refractivity contribution in [1.29, 1.82) is 0 Å². The summed E-state index contributed by atoms with van der Waals surface area (Å²) in [6.07, 6.45) is 7.17. The molecule has 2 N–H and O–H groups in total. The highest BCUT2D eigenvalue weighted by atomic mass is 16.5. The van der Waals surface area contributed by atoms with Gasteiger partial charge in [0.1, 0.15) is 0 Å². The monoisotopic (exact) mass is 294 g/mol. The molecule has 21 heavy (non-hydrogen) atoms. The van der Waals surface area contributed by atoms with E-state index in [0.717, 1.165) is 13.0 Å². The molecule has 0 radical (unpaired) electrons. The number of hydrogen-bond donors (Lipinski definition) is 1. The Labute approximate surface area is 126 Å². The lowest BCUT2D eigenvalue weighted by Gasteiger charge is -2.34. The molecule has 0 spiro atoms. The Kier molecular flexibility index (Phi) is 6.04. The number of rotatable bonds is 7. The lowest BCUT2D eigenvalue weighted by Crippen LogP contribution is -2.39. The molecule has 0 bridgehead atoms. The lowest BCUT2D eigenvalue weighted by atomic mass is 9.94. The molecule has 2 rings (SSSR count). The highest BCUT2D eigenvalue weighted by Gasteiger charge is 2.24. The largest absolute Gasteiger partial charge is 0.481 e. The fraction of sp³-hybridized carbons (Fsp3) is 0.733. The summed E-state index contributed by atoms with van der Waals surface area (Å²) in [6.45, 7) is 1.54. The van der Waals surface area contributed by atoms with Crippen molar-refractivity contribution in [3.05, 3.63) is 6.07 Å². The molecular weight excluding hydrogens is 268 g/mol. The number of methoxy groups -OCH3 is 2. The topological polar surface area (TPSA) is 73.5 Å². The van der Waals surface area contributed by atoms with E-state index in [0.29, 0.717) is 30.3 Å². The van der Waals surface area contributed by atoms with Crippen LogP contribution in [0.3, 0.4) is 0 Å². The quantitative estimate of drug-likeness (QED) is 0.829. The van der Waals surface area contributed by atoms with E-state index in [1.807, 2.05) is 0 Å². The van der Waals surface area contributed by atoms with Crippen molar-refractivity contribution in [2.24, 2.45) is 5.73 Å². The fourth-order valence-corrected chi connectivity index (χ4v) is 2.83. The van der Waals surface area contributed by atoms with Crippen LogP contribution in [-0.4, -0.2) is 43.3 Å². The zero-order chi connectivity index (χ0) is 15.1. The molecule has 1 aromatic rings. The maximum atomic E-state index is 5.68. The normalized spacial score (nSPS) is 15.8. The molecular formula is C15H26N4O2.